The van der Waals surface area contributed by atoms with Gasteiger partial charge in [-0.25, -0.2) is 8.42 Å². The molecule has 32 heavy (non-hydrogen) atoms. The first-order valence-electron chi connectivity index (χ1n) is 11.1. The van der Waals surface area contributed by atoms with Crippen molar-refractivity contribution >= 4 is 21.6 Å². The van der Waals surface area contributed by atoms with Gasteiger partial charge in [0, 0.05) is 11.1 Å². The highest BCUT2D eigenvalue weighted by atomic mass is 32.2. The number of nitrogens with one attached hydrogen (secondary N) is 1. The standard InChI is InChI=1S/C26H26N2O3S/c1-2-18-14-15-24-22(16-18)21-11-5-6-13-25(21)32(30,31)28(24)17-26(29)27-23-12-7-9-19-8-3-4-10-20(19)23/h3-6,8,10-11,13-16,23H,2,7,9,12,17H2,1H3,(H,27,29). The lowest BCUT2D eigenvalue weighted by Gasteiger charge is -2.33. The van der Waals surface area contributed by atoms with E-state index in [2.05, 4.69) is 24.4 Å². The van der Waals surface area contributed by atoms with E-state index in [1.165, 1.54) is 9.87 Å². The highest BCUT2D eigenvalue weighted by Crippen LogP contribution is 2.43. The molecule has 6 heteroatoms. The number of amides is 1. The maximum atomic E-state index is 13.5. The third-order valence-corrected chi connectivity index (χ3v) is 8.29. The molecule has 0 radical (unpaired) electrons. The first kappa shape index (κ1) is 20.8. The number of aryl methyl sites for hydroxylation is 2. The Morgan fingerprint density at radius 3 is 2.66 bits per heavy atom. The zero-order valence-corrected chi connectivity index (χ0v) is 18.9. The van der Waals surface area contributed by atoms with Crippen molar-refractivity contribution in [3.05, 3.63) is 83.4 Å². The van der Waals surface area contributed by atoms with Gasteiger partial charge >= 0.3 is 0 Å². The van der Waals surface area contributed by atoms with E-state index in [0.717, 1.165) is 42.4 Å². The van der Waals surface area contributed by atoms with E-state index >= 15 is 0 Å². The molecule has 1 unspecified atom stereocenters. The zero-order chi connectivity index (χ0) is 22.3. The molecule has 0 saturated heterocycles. The van der Waals surface area contributed by atoms with Crippen molar-refractivity contribution < 1.29 is 13.2 Å². The molecule has 1 aliphatic heterocycles. The van der Waals surface area contributed by atoms with Gasteiger partial charge in [-0.1, -0.05) is 55.5 Å². The number of hydrogen-bond donors (Lipinski definition) is 1. The SMILES string of the molecule is CCc1ccc2c(c1)-c1ccccc1S(=O)(=O)N2CC(=O)NC1CCCc2ccccc21. The molecule has 0 aromatic heterocycles. The van der Waals surface area contributed by atoms with Crippen LogP contribution in [0.5, 0.6) is 0 Å². The Labute approximate surface area is 189 Å². The number of rotatable bonds is 4. The summed E-state index contributed by atoms with van der Waals surface area (Å²) < 4.78 is 28.2. The van der Waals surface area contributed by atoms with Crippen LogP contribution in [-0.2, 0) is 27.7 Å². The predicted molar refractivity (Wildman–Crippen MR) is 126 cm³/mol. The summed E-state index contributed by atoms with van der Waals surface area (Å²) in [6, 6.07) is 20.9. The minimum Gasteiger partial charge on any atom is -0.348 e. The van der Waals surface area contributed by atoms with Crippen LogP contribution in [0.2, 0.25) is 0 Å². The second-order valence-electron chi connectivity index (χ2n) is 8.42. The molecule has 5 nitrogen and oxygen atoms in total. The van der Waals surface area contributed by atoms with Crippen LogP contribution < -0.4 is 9.62 Å². The first-order valence-corrected chi connectivity index (χ1v) is 12.6. The molecule has 1 atom stereocenters. The Bertz CT molecular complexity index is 1300. The molecule has 2 aliphatic rings. The average Bonchev–Trinajstić information content (AvgIpc) is 2.82. The summed E-state index contributed by atoms with van der Waals surface area (Å²) in [5.74, 6) is -0.292. The number of anilines is 1. The molecule has 1 N–H and O–H groups in total. The minimum absolute atomic E-state index is 0.0887. The zero-order valence-electron chi connectivity index (χ0n) is 18.0. The van der Waals surface area contributed by atoms with E-state index < -0.39 is 10.0 Å². The first-order chi connectivity index (χ1) is 15.5. The Morgan fingerprint density at radius 1 is 1.03 bits per heavy atom. The lowest BCUT2D eigenvalue weighted by molar-refractivity contribution is -0.120. The molecular formula is C26H26N2O3S. The van der Waals surface area contributed by atoms with E-state index in [0.29, 0.717) is 11.3 Å². The molecule has 3 aromatic rings. The highest BCUT2D eigenvalue weighted by molar-refractivity contribution is 7.93. The number of nitrogens with zero attached hydrogens (tertiary/aromatic N) is 1. The summed E-state index contributed by atoms with van der Waals surface area (Å²) in [4.78, 5) is 13.4. The fourth-order valence-electron chi connectivity index (χ4n) is 4.84. The molecule has 0 saturated carbocycles. The quantitative estimate of drug-likeness (QED) is 0.636. The maximum Gasteiger partial charge on any atom is 0.265 e. The number of carbonyl (C=O) groups is 1. The number of carbonyl (C=O) groups excluding carboxylic acids is 1. The van der Waals surface area contributed by atoms with Crippen LogP contribution in [0.1, 0.15) is 42.5 Å². The monoisotopic (exact) mass is 446 g/mol. The van der Waals surface area contributed by atoms with Gasteiger partial charge in [0.05, 0.1) is 16.6 Å². The average molecular weight is 447 g/mol. The summed E-state index contributed by atoms with van der Waals surface area (Å²) >= 11 is 0. The summed E-state index contributed by atoms with van der Waals surface area (Å²) in [5, 5.41) is 3.09. The van der Waals surface area contributed by atoms with Gasteiger partial charge < -0.3 is 5.32 Å². The van der Waals surface area contributed by atoms with Crippen molar-refractivity contribution in [2.24, 2.45) is 0 Å². The van der Waals surface area contributed by atoms with E-state index in [9.17, 15) is 13.2 Å². The number of sulfonamides is 1. The van der Waals surface area contributed by atoms with Crippen LogP contribution in [0.4, 0.5) is 5.69 Å². The molecule has 5 rings (SSSR count). The highest BCUT2D eigenvalue weighted by Gasteiger charge is 2.36. The molecule has 0 spiro atoms. The van der Waals surface area contributed by atoms with Crippen molar-refractivity contribution in [2.75, 3.05) is 10.8 Å². The Balaban J connectivity index is 1.48. The number of hydrogen-bond acceptors (Lipinski definition) is 3. The van der Waals surface area contributed by atoms with Gasteiger partial charge in [0.15, 0.2) is 0 Å². The smallest absolute Gasteiger partial charge is 0.265 e. The van der Waals surface area contributed by atoms with Gasteiger partial charge in [0.25, 0.3) is 10.0 Å². The van der Waals surface area contributed by atoms with Gasteiger partial charge in [-0.05, 0) is 60.6 Å². The van der Waals surface area contributed by atoms with Gasteiger partial charge in [-0.15, -0.1) is 0 Å². The summed E-state index contributed by atoms with van der Waals surface area (Å²) in [5.41, 5.74) is 5.61. The van der Waals surface area contributed by atoms with Crippen LogP contribution in [0.25, 0.3) is 11.1 Å². The number of benzene rings is 3. The van der Waals surface area contributed by atoms with Crippen molar-refractivity contribution in [1.82, 2.24) is 5.32 Å². The molecule has 164 valence electrons. The third-order valence-electron chi connectivity index (χ3n) is 6.48. The largest absolute Gasteiger partial charge is 0.348 e. The van der Waals surface area contributed by atoms with Crippen LogP contribution in [0, 0.1) is 0 Å². The Hall–Kier alpha value is -3.12. The van der Waals surface area contributed by atoms with E-state index in [4.69, 9.17) is 0 Å². The van der Waals surface area contributed by atoms with Gasteiger partial charge in [-0.3, -0.25) is 9.10 Å². The molecular weight excluding hydrogens is 420 g/mol. The Kier molecular flexibility index (Phi) is 5.25. The van der Waals surface area contributed by atoms with Crippen LogP contribution in [0.15, 0.2) is 71.6 Å². The molecule has 0 bridgehead atoms. The molecule has 1 aliphatic carbocycles. The van der Waals surface area contributed by atoms with Gasteiger partial charge in [-0.2, -0.15) is 0 Å². The lowest BCUT2D eigenvalue weighted by Crippen LogP contribution is -2.43. The van der Waals surface area contributed by atoms with E-state index in [1.54, 1.807) is 12.1 Å². The lowest BCUT2D eigenvalue weighted by atomic mass is 9.88. The fourth-order valence-corrected chi connectivity index (χ4v) is 6.49. The minimum atomic E-state index is -3.84. The number of fused-ring (bicyclic) bond motifs is 4. The second kappa shape index (κ2) is 8.10. The maximum absolute atomic E-state index is 13.5. The van der Waals surface area contributed by atoms with Crippen molar-refractivity contribution in [2.45, 2.75) is 43.5 Å². The Morgan fingerprint density at radius 2 is 1.81 bits per heavy atom. The van der Waals surface area contributed by atoms with Crippen LogP contribution >= 0.6 is 0 Å². The van der Waals surface area contributed by atoms with Crippen LogP contribution in [0.3, 0.4) is 0 Å². The van der Waals surface area contributed by atoms with Gasteiger partial charge in [0.1, 0.15) is 6.54 Å². The summed E-state index contributed by atoms with van der Waals surface area (Å²) in [6.07, 6.45) is 3.71. The van der Waals surface area contributed by atoms with E-state index in [1.807, 2.05) is 42.5 Å². The molecule has 0 fully saturated rings. The fraction of sp³-hybridized carbons (Fsp3) is 0.269. The predicted octanol–water partition coefficient (Wildman–Crippen LogP) is 4.62. The normalized spacial score (nSPS) is 18.3. The van der Waals surface area contributed by atoms with E-state index in [-0.39, 0.29) is 23.4 Å². The van der Waals surface area contributed by atoms with Crippen molar-refractivity contribution in [1.29, 1.82) is 0 Å². The summed E-state index contributed by atoms with van der Waals surface area (Å²) in [7, 11) is -3.84. The van der Waals surface area contributed by atoms with Crippen molar-refractivity contribution in [3.8, 4) is 11.1 Å². The van der Waals surface area contributed by atoms with Gasteiger partial charge in [0.2, 0.25) is 5.91 Å². The van der Waals surface area contributed by atoms with Crippen molar-refractivity contribution in [3.63, 3.8) is 0 Å². The molecule has 1 heterocycles. The third kappa shape index (κ3) is 3.48. The molecule has 3 aromatic carbocycles. The van der Waals surface area contributed by atoms with Crippen LogP contribution in [-0.4, -0.2) is 20.9 Å². The molecule has 1 amide bonds. The summed E-state index contributed by atoms with van der Waals surface area (Å²) in [6.45, 7) is 1.83. The second-order valence-corrected chi connectivity index (χ2v) is 10.3. The topological polar surface area (TPSA) is 66.5 Å².